The number of nitrogens with two attached hydrogens (primary N) is 1. The van der Waals surface area contributed by atoms with Crippen molar-refractivity contribution < 1.29 is 31.5 Å². The van der Waals surface area contributed by atoms with E-state index in [4.69, 9.17) is 10.7 Å². The van der Waals surface area contributed by atoms with E-state index in [2.05, 4.69) is 20.6 Å². The van der Waals surface area contributed by atoms with Crippen molar-refractivity contribution in [2.45, 2.75) is 94.8 Å². The zero-order valence-corrected chi connectivity index (χ0v) is 23.4. The summed E-state index contributed by atoms with van der Waals surface area (Å²) in [5, 5.41) is 16.2. The molecule has 2 amide bonds. The molecule has 2 atom stereocenters. The molecule has 0 spiro atoms. The van der Waals surface area contributed by atoms with E-state index in [1.54, 1.807) is 18.5 Å². The molecule has 0 aliphatic heterocycles. The number of halogens is 5. The summed E-state index contributed by atoms with van der Waals surface area (Å²) in [6.45, 7) is 0.531. The molecule has 3 saturated carbocycles. The minimum absolute atomic E-state index is 0.0101. The van der Waals surface area contributed by atoms with E-state index in [-0.39, 0.29) is 43.2 Å². The van der Waals surface area contributed by atoms with E-state index >= 15 is 0 Å². The van der Waals surface area contributed by atoms with E-state index in [0.29, 0.717) is 35.1 Å². The number of carbonyl (C=O) groups excluding carboxylic acids is 2. The second-order valence-electron chi connectivity index (χ2n) is 12.2. The third-order valence-electron chi connectivity index (χ3n) is 8.64. The highest BCUT2D eigenvalue weighted by Gasteiger charge is 2.42. The van der Waals surface area contributed by atoms with Crippen molar-refractivity contribution in [1.82, 2.24) is 34.9 Å². The van der Waals surface area contributed by atoms with Crippen molar-refractivity contribution in [3.8, 4) is 0 Å². The number of hydrogen-bond donors (Lipinski definition) is 2. The number of rotatable bonds is 11. The van der Waals surface area contributed by atoms with Crippen LogP contribution in [0.25, 0.3) is 5.65 Å². The smallest absolute Gasteiger partial charge is 0.364 e. The van der Waals surface area contributed by atoms with Gasteiger partial charge in [0.05, 0.1) is 43.0 Å². The van der Waals surface area contributed by atoms with Crippen LogP contribution in [0.4, 0.5) is 22.0 Å². The van der Waals surface area contributed by atoms with Gasteiger partial charge in [-0.1, -0.05) is 0 Å². The average molecular weight is 609 g/mol. The number of imidazole rings is 1. The number of nitrogens with zero attached hydrogens (tertiary/aromatic N) is 6. The monoisotopic (exact) mass is 608 g/mol. The van der Waals surface area contributed by atoms with Crippen LogP contribution in [0, 0.1) is 17.8 Å². The van der Waals surface area contributed by atoms with E-state index in [1.807, 2.05) is 0 Å². The van der Waals surface area contributed by atoms with Crippen LogP contribution in [0.2, 0.25) is 0 Å². The number of fused-ring (bicyclic) bond motifs is 1. The van der Waals surface area contributed by atoms with E-state index in [1.165, 1.54) is 9.31 Å². The van der Waals surface area contributed by atoms with Gasteiger partial charge in [-0.05, 0) is 67.9 Å². The predicted molar refractivity (Wildman–Crippen MR) is 142 cm³/mol. The van der Waals surface area contributed by atoms with Gasteiger partial charge in [-0.15, -0.1) is 5.10 Å². The largest absolute Gasteiger partial charge is 0.389 e. The van der Waals surface area contributed by atoms with Crippen LogP contribution in [0.15, 0.2) is 18.5 Å². The fourth-order valence-corrected chi connectivity index (χ4v) is 5.99. The lowest BCUT2D eigenvalue weighted by Crippen LogP contribution is -2.30. The van der Waals surface area contributed by atoms with Crippen molar-refractivity contribution in [2.75, 3.05) is 0 Å². The van der Waals surface area contributed by atoms with Gasteiger partial charge in [0.25, 0.3) is 5.91 Å². The molecule has 15 heteroatoms. The molecule has 3 N–H and O–H groups in total. The zero-order valence-electron chi connectivity index (χ0n) is 23.4. The van der Waals surface area contributed by atoms with Gasteiger partial charge in [0.2, 0.25) is 11.8 Å². The number of carbonyl (C=O) groups is 2. The Morgan fingerprint density at radius 1 is 1.07 bits per heavy atom. The average Bonchev–Trinajstić information content (AvgIpc) is 3.86. The first-order chi connectivity index (χ1) is 20.3. The molecule has 3 aromatic heterocycles. The highest BCUT2D eigenvalue weighted by atomic mass is 19.4. The molecule has 3 aromatic rings. The molecular formula is C28H33F5N8O2. The maximum atomic E-state index is 14.1. The number of hydrogen-bond acceptors (Lipinski definition) is 6. The molecule has 10 nitrogen and oxygen atoms in total. The van der Waals surface area contributed by atoms with Gasteiger partial charge in [-0.2, -0.15) is 28.2 Å². The van der Waals surface area contributed by atoms with E-state index in [0.717, 1.165) is 25.7 Å². The normalized spacial score (nSPS) is 20.7. The Morgan fingerprint density at radius 3 is 2.42 bits per heavy atom. The Labute approximate surface area is 243 Å². The molecule has 232 valence electrons. The fourth-order valence-electron chi connectivity index (χ4n) is 5.99. The molecule has 0 bridgehead atoms. The van der Waals surface area contributed by atoms with Crippen molar-refractivity contribution in [1.29, 1.82) is 0 Å². The molecular weight excluding hydrogens is 575 g/mol. The Morgan fingerprint density at radius 2 is 1.79 bits per heavy atom. The van der Waals surface area contributed by atoms with Crippen molar-refractivity contribution in [3.05, 3.63) is 41.1 Å². The van der Waals surface area contributed by atoms with Crippen LogP contribution in [0.1, 0.15) is 104 Å². The van der Waals surface area contributed by atoms with Gasteiger partial charge < -0.3 is 11.1 Å². The van der Waals surface area contributed by atoms with E-state index < -0.39 is 48.7 Å². The SMILES string of the molecule is NC(=O)c1nn(CC2CC2)nc1[C@H](c1cn2ncc(C(NC(=O)CCC(F)(F)F)C3CC3)cc2n1)C1CCC(F)(F)CC1. The second kappa shape index (κ2) is 11.1. The lowest BCUT2D eigenvalue weighted by atomic mass is 9.75. The van der Waals surface area contributed by atoms with Crippen molar-refractivity contribution >= 4 is 17.5 Å². The van der Waals surface area contributed by atoms with Crippen LogP contribution in [0.5, 0.6) is 0 Å². The quantitative estimate of drug-likeness (QED) is 0.304. The number of nitrogens with one attached hydrogen (secondary N) is 1. The molecule has 3 heterocycles. The van der Waals surface area contributed by atoms with Crippen LogP contribution >= 0.6 is 0 Å². The first-order valence-electron chi connectivity index (χ1n) is 14.7. The molecule has 6 rings (SSSR count). The summed E-state index contributed by atoms with van der Waals surface area (Å²) >= 11 is 0. The lowest BCUT2D eigenvalue weighted by Gasteiger charge is -2.32. The number of alkyl halides is 5. The summed E-state index contributed by atoms with van der Waals surface area (Å²) in [4.78, 5) is 31.0. The van der Waals surface area contributed by atoms with Gasteiger partial charge in [-0.3, -0.25) is 9.59 Å². The minimum atomic E-state index is -4.43. The Hall–Kier alpha value is -3.65. The molecule has 0 saturated heterocycles. The van der Waals surface area contributed by atoms with Crippen LogP contribution < -0.4 is 11.1 Å². The zero-order chi connectivity index (χ0) is 30.5. The molecule has 3 aliphatic carbocycles. The molecule has 1 unspecified atom stereocenters. The summed E-state index contributed by atoms with van der Waals surface area (Å²) in [5.74, 6) is -4.68. The summed E-state index contributed by atoms with van der Waals surface area (Å²) in [6.07, 6.45) is 0.379. The molecule has 0 radical (unpaired) electrons. The lowest BCUT2D eigenvalue weighted by molar-refractivity contribution is -0.144. The molecule has 43 heavy (non-hydrogen) atoms. The summed E-state index contributed by atoms with van der Waals surface area (Å²) < 4.78 is 67.7. The third kappa shape index (κ3) is 6.96. The van der Waals surface area contributed by atoms with Gasteiger partial charge >= 0.3 is 6.18 Å². The van der Waals surface area contributed by atoms with Gasteiger partial charge in [-0.25, -0.2) is 18.3 Å². The maximum absolute atomic E-state index is 14.1. The summed E-state index contributed by atoms with van der Waals surface area (Å²) in [5.41, 5.74) is 7.48. The first kappa shape index (κ1) is 29.4. The van der Waals surface area contributed by atoms with Gasteiger partial charge in [0, 0.05) is 19.3 Å². The van der Waals surface area contributed by atoms with E-state index in [9.17, 15) is 31.5 Å². The van der Waals surface area contributed by atoms with Gasteiger partial charge in [0.15, 0.2) is 11.3 Å². The Balaban J connectivity index is 1.32. The predicted octanol–water partition coefficient (Wildman–Crippen LogP) is 4.70. The van der Waals surface area contributed by atoms with Crippen molar-refractivity contribution in [3.63, 3.8) is 0 Å². The third-order valence-corrected chi connectivity index (χ3v) is 8.64. The Kier molecular flexibility index (Phi) is 7.61. The maximum Gasteiger partial charge on any atom is 0.389 e. The van der Waals surface area contributed by atoms with Gasteiger partial charge in [0.1, 0.15) is 5.69 Å². The summed E-state index contributed by atoms with van der Waals surface area (Å²) in [6, 6.07) is 1.20. The Bertz CT molecular complexity index is 1500. The van der Waals surface area contributed by atoms with Crippen LogP contribution in [0.3, 0.4) is 0 Å². The number of primary amides is 1. The fraction of sp³-hybridized carbons (Fsp3) is 0.643. The topological polar surface area (TPSA) is 133 Å². The number of aromatic nitrogens is 6. The summed E-state index contributed by atoms with van der Waals surface area (Å²) in [7, 11) is 0. The van der Waals surface area contributed by atoms with Crippen molar-refractivity contribution in [2.24, 2.45) is 23.5 Å². The van der Waals surface area contributed by atoms with Crippen LogP contribution in [-0.2, 0) is 11.3 Å². The highest BCUT2D eigenvalue weighted by Crippen LogP contribution is 2.45. The molecule has 3 aliphatic rings. The first-order valence-corrected chi connectivity index (χ1v) is 14.7. The highest BCUT2D eigenvalue weighted by molar-refractivity contribution is 5.92. The molecule has 3 fully saturated rings. The standard InChI is InChI=1S/C28H33F5N8O2/c29-27(30)8-5-16(6-9-27)22(24-25(26(34)43)39-41(38-24)13-15-1-2-15)19-14-40-20(36-19)11-18(12-35-40)23(17-3-4-17)37-21(42)7-10-28(31,32)33/h11-12,14-17,22-23H,1-10,13H2,(H2,34,43)(H,37,42)/t22-,23?/m0/s1. The van der Waals surface area contributed by atoms with Crippen LogP contribution in [-0.4, -0.2) is 53.5 Å². The number of amides is 2. The minimum Gasteiger partial charge on any atom is -0.364 e. The second-order valence-corrected chi connectivity index (χ2v) is 12.2. The molecule has 0 aromatic carbocycles.